The van der Waals surface area contributed by atoms with E-state index in [-0.39, 0.29) is 0 Å². The van der Waals surface area contributed by atoms with E-state index in [1.165, 1.54) is 19.3 Å². The van der Waals surface area contributed by atoms with Gasteiger partial charge in [0.2, 0.25) is 0 Å². The average molecular weight is 202 g/mol. The Kier molecular flexibility index (Phi) is 1.43. The summed E-state index contributed by atoms with van der Waals surface area (Å²) in [4.78, 5) is 1.55. The van der Waals surface area contributed by atoms with Crippen LogP contribution < -0.4 is 0 Å². The lowest BCUT2D eigenvalue weighted by Crippen LogP contribution is -2.14. The van der Waals surface area contributed by atoms with Crippen LogP contribution in [0.1, 0.15) is 19.3 Å². The molecule has 4 rings (SSSR count). The molecule has 3 aliphatic rings. The summed E-state index contributed by atoms with van der Waals surface area (Å²) in [6.45, 7) is 0. The van der Waals surface area contributed by atoms with E-state index >= 15 is 0 Å². The molecule has 0 radical (unpaired) electrons. The molecule has 78 valence electrons. The van der Waals surface area contributed by atoms with Crippen molar-refractivity contribution in [2.45, 2.75) is 19.3 Å². The third-order valence-corrected chi connectivity index (χ3v) is 4.53. The number of aromatic nitrogens is 3. The van der Waals surface area contributed by atoms with Gasteiger partial charge in [0.1, 0.15) is 0 Å². The molecule has 4 nitrogen and oxygen atoms in total. The summed E-state index contributed by atoms with van der Waals surface area (Å²) in [5.41, 5.74) is 0. The monoisotopic (exact) mass is 202 g/mol. The molecular weight excluding hydrogens is 188 g/mol. The van der Waals surface area contributed by atoms with Crippen LogP contribution in [-0.2, 0) is 0 Å². The molecule has 1 heterocycles. The number of rotatable bonds is 2. The third-order valence-electron chi connectivity index (χ3n) is 4.53. The van der Waals surface area contributed by atoms with Gasteiger partial charge >= 0.3 is 0 Å². The van der Waals surface area contributed by atoms with Crippen molar-refractivity contribution < 1.29 is 0 Å². The molecule has 0 amide bonds. The van der Waals surface area contributed by atoms with Gasteiger partial charge in [-0.25, -0.2) is 0 Å². The zero-order valence-corrected chi connectivity index (χ0v) is 8.53. The fourth-order valence-corrected chi connectivity index (χ4v) is 3.85. The maximum Gasteiger partial charge on any atom is 0.0716 e. The summed E-state index contributed by atoms with van der Waals surface area (Å²) in [6, 6.07) is 0. The maximum atomic E-state index is 4.34. The van der Waals surface area contributed by atoms with Crippen LogP contribution in [0.4, 0.5) is 0 Å². The smallest absolute Gasteiger partial charge is 0.0716 e. The highest BCUT2D eigenvalue weighted by Crippen LogP contribution is 2.67. The Bertz CT molecular complexity index is 397. The van der Waals surface area contributed by atoms with Crippen molar-refractivity contribution in [1.82, 2.24) is 15.1 Å². The summed E-state index contributed by atoms with van der Waals surface area (Å²) in [6.07, 6.45) is 9.88. The van der Waals surface area contributed by atoms with Crippen LogP contribution in [0, 0.1) is 29.6 Å². The minimum absolute atomic E-state index is 0.711. The third kappa shape index (κ3) is 1.10. The molecule has 15 heavy (non-hydrogen) atoms. The van der Waals surface area contributed by atoms with Gasteiger partial charge in [0.25, 0.3) is 0 Å². The van der Waals surface area contributed by atoms with E-state index in [0.29, 0.717) is 5.92 Å². The summed E-state index contributed by atoms with van der Waals surface area (Å²) < 4.78 is 0. The summed E-state index contributed by atoms with van der Waals surface area (Å²) in [5.74, 6) is 4.82. The first-order chi connectivity index (χ1) is 7.42. The second-order valence-corrected chi connectivity index (χ2v) is 5.21. The van der Waals surface area contributed by atoms with Crippen LogP contribution in [0.5, 0.6) is 0 Å². The molecule has 0 N–H and O–H groups in total. The Morgan fingerprint density at radius 2 is 2.20 bits per heavy atom. The molecule has 5 unspecified atom stereocenters. The first-order valence-corrected chi connectivity index (χ1v) is 5.82. The van der Waals surface area contributed by atoms with Gasteiger partial charge < -0.3 is 0 Å². The van der Waals surface area contributed by atoms with Gasteiger partial charge in [-0.05, 0) is 54.1 Å². The molecule has 0 saturated heterocycles. The fraction of sp³-hybridized carbons (Fsp3) is 0.727. The highest BCUT2D eigenvalue weighted by Gasteiger charge is 2.60. The van der Waals surface area contributed by atoms with Gasteiger partial charge in [0.15, 0.2) is 0 Å². The van der Waals surface area contributed by atoms with E-state index < -0.39 is 0 Å². The molecule has 3 saturated carbocycles. The molecule has 3 aliphatic carbocycles. The van der Waals surface area contributed by atoms with Crippen molar-refractivity contribution in [3.05, 3.63) is 12.4 Å². The zero-order valence-electron chi connectivity index (χ0n) is 8.53. The topological polar surface area (TPSA) is 43.1 Å². The molecule has 1 aromatic rings. The van der Waals surface area contributed by atoms with Crippen LogP contribution in [0.3, 0.4) is 0 Å². The Hall–Kier alpha value is -1.19. The van der Waals surface area contributed by atoms with Crippen molar-refractivity contribution in [3.63, 3.8) is 0 Å². The van der Waals surface area contributed by atoms with Crippen LogP contribution in [0.15, 0.2) is 17.5 Å². The zero-order chi connectivity index (χ0) is 9.83. The largest absolute Gasteiger partial charge is 0.162 e. The molecule has 0 aromatic carbocycles. The van der Waals surface area contributed by atoms with E-state index in [2.05, 4.69) is 21.6 Å². The lowest BCUT2D eigenvalue weighted by molar-refractivity contribution is 0.398. The summed E-state index contributed by atoms with van der Waals surface area (Å²) in [5, 5.41) is 11.9. The summed E-state index contributed by atoms with van der Waals surface area (Å²) in [7, 11) is 0. The van der Waals surface area contributed by atoms with E-state index in [1.54, 1.807) is 17.2 Å². The van der Waals surface area contributed by atoms with Crippen LogP contribution in [0.25, 0.3) is 0 Å². The number of nitrogens with zero attached hydrogens (tertiary/aromatic N) is 4. The number of hydrogen-bond acceptors (Lipinski definition) is 3. The van der Waals surface area contributed by atoms with E-state index in [4.69, 9.17) is 0 Å². The van der Waals surface area contributed by atoms with E-state index in [1.807, 2.05) is 0 Å². The Morgan fingerprint density at radius 1 is 1.20 bits per heavy atom. The molecule has 2 bridgehead atoms. The molecular formula is C11H14N4. The Balaban J connectivity index is 1.51. The normalized spacial score (nSPS) is 46.3. The van der Waals surface area contributed by atoms with Crippen LogP contribution in [-0.4, -0.2) is 21.3 Å². The molecule has 4 heteroatoms. The maximum absolute atomic E-state index is 4.34. The van der Waals surface area contributed by atoms with Gasteiger partial charge in [-0.1, -0.05) is 0 Å². The lowest BCUT2D eigenvalue weighted by Gasteiger charge is -2.16. The Labute approximate surface area is 88.4 Å². The molecule has 0 spiro atoms. The predicted molar refractivity (Wildman–Crippen MR) is 55.2 cm³/mol. The van der Waals surface area contributed by atoms with Crippen molar-refractivity contribution in [1.29, 1.82) is 0 Å². The molecule has 1 aromatic heterocycles. The number of hydrogen-bond donors (Lipinski definition) is 0. The van der Waals surface area contributed by atoms with Crippen molar-refractivity contribution in [3.8, 4) is 0 Å². The number of fused-ring (bicyclic) bond motifs is 5. The van der Waals surface area contributed by atoms with E-state index in [0.717, 1.165) is 23.7 Å². The van der Waals surface area contributed by atoms with Gasteiger partial charge in [0.05, 0.1) is 12.4 Å². The second-order valence-electron chi connectivity index (χ2n) is 5.21. The van der Waals surface area contributed by atoms with E-state index in [9.17, 15) is 0 Å². The molecule has 0 aliphatic heterocycles. The predicted octanol–water partition coefficient (Wildman–Crippen LogP) is 1.40. The van der Waals surface area contributed by atoms with Crippen LogP contribution >= 0.6 is 0 Å². The van der Waals surface area contributed by atoms with Crippen molar-refractivity contribution >= 4 is 6.21 Å². The second kappa shape index (κ2) is 2.68. The van der Waals surface area contributed by atoms with Crippen molar-refractivity contribution in [2.24, 2.45) is 34.7 Å². The van der Waals surface area contributed by atoms with Gasteiger partial charge in [-0.3, -0.25) is 0 Å². The van der Waals surface area contributed by atoms with Crippen molar-refractivity contribution in [2.75, 3.05) is 0 Å². The molecule has 3 fully saturated rings. The first-order valence-electron chi connectivity index (χ1n) is 5.82. The molecule has 5 atom stereocenters. The standard InChI is InChI=1S/C11H14N4/c1-2-15(14-12-1)13-6-8-3-7-4-9(8)11-5-10(7)11/h1-2,6-11H,3-5H2/b13-6+. The fourth-order valence-electron chi connectivity index (χ4n) is 3.85. The Morgan fingerprint density at radius 3 is 2.93 bits per heavy atom. The lowest BCUT2D eigenvalue weighted by atomic mass is 9.90. The highest BCUT2D eigenvalue weighted by molar-refractivity contribution is 5.62. The quantitative estimate of drug-likeness (QED) is 0.680. The average Bonchev–Trinajstić information content (AvgIpc) is 2.67. The SMILES string of the molecule is C(=N\n1ccnn1)/C1CC2CC1C1CC21. The summed E-state index contributed by atoms with van der Waals surface area (Å²) >= 11 is 0. The van der Waals surface area contributed by atoms with Gasteiger partial charge in [-0.15, -0.1) is 9.89 Å². The van der Waals surface area contributed by atoms with Gasteiger partial charge in [-0.2, -0.15) is 5.10 Å². The highest BCUT2D eigenvalue weighted by atomic mass is 15.6. The minimum Gasteiger partial charge on any atom is -0.162 e. The van der Waals surface area contributed by atoms with Crippen LogP contribution in [0.2, 0.25) is 0 Å². The van der Waals surface area contributed by atoms with Gasteiger partial charge in [0, 0.05) is 6.21 Å². The minimum atomic E-state index is 0.711. The first kappa shape index (κ1) is 8.02.